The third-order valence-electron chi connectivity index (χ3n) is 5.20. The maximum Gasteiger partial charge on any atom is 0.408 e. The molecule has 2 aliphatic rings. The van der Waals surface area contributed by atoms with Gasteiger partial charge in [0, 0.05) is 26.2 Å². The Kier molecular flexibility index (Phi) is 6.03. The largest absolute Gasteiger partial charge is 0.408 e. The molecule has 0 unspecified atom stereocenters. The van der Waals surface area contributed by atoms with Gasteiger partial charge >= 0.3 is 6.18 Å². The topological polar surface area (TPSA) is 80.1 Å². The Morgan fingerprint density at radius 3 is 2.76 bits per heavy atom. The monoisotopic (exact) mass is 419 g/mol. The molecule has 29 heavy (non-hydrogen) atoms. The fourth-order valence-electron chi connectivity index (χ4n) is 3.54. The number of fused-ring (bicyclic) bond motifs is 1. The molecule has 0 aromatic carbocycles. The molecule has 12 heteroatoms. The zero-order chi connectivity index (χ0) is 21.3. The lowest BCUT2D eigenvalue weighted by Gasteiger charge is -2.40. The summed E-state index contributed by atoms with van der Waals surface area (Å²) in [4.78, 5) is 36.8. The molecule has 1 amide bonds. The van der Waals surface area contributed by atoms with Gasteiger partial charge in [-0.1, -0.05) is 0 Å². The van der Waals surface area contributed by atoms with Crippen LogP contribution < -0.4 is 15.4 Å². The van der Waals surface area contributed by atoms with Crippen LogP contribution in [0.4, 0.5) is 24.9 Å². The molecule has 3 rings (SSSR count). The summed E-state index contributed by atoms with van der Waals surface area (Å²) in [5, 5.41) is 0.846. The van der Waals surface area contributed by atoms with Crippen molar-refractivity contribution in [1.29, 1.82) is 0 Å². The number of rotatable bonds is 4. The van der Waals surface area contributed by atoms with Gasteiger partial charge in [0.15, 0.2) is 0 Å². The normalized spacial score (nSPS) is 22.4. The molecular formula is C17H24F3N5O4. The molecule has 9 nitrogen and oxygen atoms in total. The molecule has 0 spiro atoms. The van der Waals surface area contributed by atoms with Crippen molar-refractivity contribution >= 4 is 17.7 Å². The van der Waals surface area contributed by atoms with Crippen LogP contribution in [0.5, 0.6) is 0 Å². The van der Waals surface area contributed by atoms with Gasteiger partial charge in [0.2, 0.25) is 5.95 Å². The van der Waals surface area contributed by atoms with Gasteiger partial charge in [0.25, 0.3) is 11.5 Å². The van der Waals surface area contributed by atoms with Gasteiger partial charge in [0.05, 0.1) is 26.4 Å². The molecule has 2 atom stereocenters. The molecule has 1 aromatic rings. The van der Waals surface area contributed by atoms with E-state index in [-0.39, 0.29) is 30.8 Å². The average molecular weight is 419 g/mol. The number of alkyl halides is 3. The molecule has 1 saturated heterocycles. The van der Waals surface area contributed by atoms with E-state index in [0.29, 0.717) is 19.8 Å². The van der Waals surface area contributed by atoms with Gasteiger partial charge in [-0.05, 0) is 13.3 Å². The zero-order valence-corrected chi connectivity index (χ0v) is 16.5. The molecule has 162 valence electrons. The van der Waals surface area contributed by atoms with Crippen LogP contribution in [0.1, 0.15) is 13.3 Å². The Morgan fingerprint density at radius 1 is 1.41 bits per heavy atom. The number of nitrogens with zero attached hydrogens (tertiary/aromatic N) is 5. The van der Waals surface area contributed by atoms with Gasteiger partial charge in [0.1, 0.15) is 18.4 Å². The van der Waals surface area contributed by atoms with Crippen LogP contribution in [0.15, 0.2) is 10.9 Å². The maximum absolute atomic E-state index is 13.7. The van der Waals surface area contributed by atoms with E-state index in [9.17, 15) is 22.8 Å². The Hall–Kier alpha value is -2.34. The van der Waals surface area contributed by atoms with E-state index in [2.05, 4.69) is 4.98 Å². The summed E-state index contributed by atoms with van der Waals surface area (Å²) in [5.74, 6) is -0.579. The highest BCUT2D eigenvalue weighted by Gasteiger charge is 2.47. The molecule has 2 aliphatic heterocycles. The standard InChI is InChI=1S/C17H24F3N5O4/c1-11-10-29-7-6-23(11)13-8-14(26)24-5-4-12(17(18,19)20)25(16(24)21-13)9-15(27)22(2)28-3/h8,11-12H,4-7,9-10H2,1-3H3/t11-,12+/m1/s1. The summed E-state index contributed by atoms with van der Waals surface area (Å²) in [7, 11) is 2.55. The maximum atomic E-state index is 13.7. The average Bonchev–Trinajstić information content (AvgIpc) is 2.67. The first kappa shape index (κ1) is 21.4. The fraction of sp³-hybridized carbons (Fsp3) is 0.706. The number of ether oxygens (including phenoxy) is 1. The van der Waals surface area contributed by atoms with Crippen molar-refractivity contribution in [2.75, 3.05) is 50.3 Å². The minimum Gasteiger partial charge on any atom is -0.377 e. The summed E-state index contributed by atoms with van der Waals surface area (Å²) in [6.45, 7) is 2.44. The van der Waals surface area contributed by atoms with Crippen LogP contribution in [0.2, 0.25) is 0 Å². The number of aromatic nitrogens is 2. The van der Waals surface area contributed by atoms with Gasteiger partial charge in [-0.3, -0.25) is 19.0 Å². The van der Waals surface area contributed by atoms with Crippen LogP contribution in [0, 0.1) is 0 Å². The molecular weight excluding hydrogens is 395 g/mol. The van der Waals surface area contributed by atoms with Gasteiger partial charge < -0.3 is 14.5 Å². The second-order valence-electron chi connectivity index (χ2n) is 7.07. The predicted octanol–water partition coefficient (Wildman–Crippen LogP) is 0.629. The number of halogens is 3. The Morgan fingerprint density at radius 2 is 2.14 bits per heavy atom. The minimum atomic E-state index is -4.59. The second-order valence-corrected chi connectivity index (χ2v) is 7.07. The number of carbonyl (C=O) groups is 1. The molecule has 0 N–H and O–H groups in total. The quantitative estimate of drug-likeness (QED) is 0.663. The number of morpholine rings is 1. The summed E-state index contributed by atoms with van der Waals surface area (Å²) in [6, 6.07) is -0.697. The molecule has 0 saturated carbocycles. The van der Waals surface area contributed by atoms with E-state index < -0.39 is 30.2 Å². The number of hydrogen-bond acceptors (Lipinski definition) is 7. The fourth-order valence-corrected chi connectivity index (χ4v) is 3.54. The first-order valence-corrected chi connectivity index (χ1v) is 9.23. The molecule has 3 heterocycles. The van der Waals surface area contributed by atoms with Crippen LogP contribution in [-0.4, -0.2) is 79.2 Å². The lowest BCUT2D eigenvalue weighted by Crippen LogP contribution is -2.55. The van der Waals surface area contributed by atoms with E-state index in [1.807, 2.05) is 11.8 Å². The SMILES string of the molecule is CON(C)C(=O)CN1c2nc(N3CCOC[C@H]3C)cc(=O)n2CC[C@H]1C(F)(F)F. The summed E-state index contributed by atoms with van der Waals surface area (Å²) in [6.07, 6.45) is -4.94. The van der Waals surface area contributed by atoms with Crippen LogP contribution >= 0.6 is 0 Å². The molecule has 0 bridgehead atoms. The zero-order valence-electron chi connectivity index (χ0n) is 16.5. The number of hydrogen-bond donors (Lipinski definition) is 0. The van der Waals surface area contributed by atoms with Crippen LogP contribution in [-0.2, 0) is 20.9 Å². The van der Waals surface area contributed by atoms with Crippen molar-refractivity contribution in [3.05, 3.63) is 16.4 Å². The summed E-state index contributed by atoms with van der Waals surface area (Å²) < 4.78 is 47.6. The number of anilines is 2. The van der Waals surface area contributed by atoms with E-state index in [1.54, 1.807) is 0 Å². The smallest absolute Gasteiger partial charge is 0.377 e. The van der Waals surface area contributed by atoms with E-state index >= 15 is 0 Å². The summed E-state index contributed by atoms with van der Waals surface area (Å²) in [5.41, 5.74) is -0.457. The van der Waals surface area contributed by atoms with Crippen LogP contribution in [0.25, 0.3) is 0 Å². The first-order chi connectivity index (χ1) is 13.6. The summed E-state index contributed by atoms with van der Waals surface area (Å²) >= 11 is 0. The molecule has 0 aliphatic carbocycles. The lowest BCUT2D eigenvalue weighted by atomic mass is 10.1. The highest BCUT2D eigenvalue weighted by Crippen LogP contribution is 2.34. The van der Waals surface area contributed by atoms with E-state index in [1.165, 1.54) is 24.8 Å². The highest BCUT2D eigenvalue weighted by atomic mass is 19.4. The number of carbonyl (C=O) groups excluding carboxylic acids is 1. The molecule has 0 radical (unpaired) electrons. The van der Waals surface area contributed by atoms with Gasteiger partial charge in [-0.25, -0.2) is 5.06 Å². The second kappa shape index (κ2) is 8.19. The third-order valence-corrected chi connectivity index (χ3v) is 5.20. The van der Waals surface area contributed by atoms with Crippen molar-refractivity contribution in [3.8, 4) is 0 Å². The Balaban J connectivity index is 2.05. The Bertz CT molecular complexity index is 815. The van der Waals surface area contributed by atoms with Gasteiger partial charge in [-0.15, -0.1) is 0 Å². The Labute approximate surface area is 165 Å². The van der Waals surface area contributed by atoms with Crippen LogP contribution in [0.3, 0.4) is 0 Å². The van der Waals surface area contributed by atoms with E-state index in [4.69, 9.17) is 9.57 Å². The first-order valence-electron chi connectivity index (χ1n) is 9.23. The van der Waals surface area contributed by atoms with E-state index in [0.717, 1.165) is 9.96 Å². The lowest BCUT2D eigenvalue weighted by molar-refractivity contribution is -0.169. The minimum absolute atomic E-state index is 0.0876. The highest BCUT2D eigenvalue weighted by molar-refractivity contribution is 5.80. The number of likely N-dealkylation sites (N-methyl/N-ethyl adjacent to an activating group) is 1. The van der Waals surface area contributed by atoms with Crippen molar-refractivity contribution in [2.24, 2.45) is 0 Å². The predicted molar refractivity (Wildman–Crippen MR) is 97.7 cm³/mol. The molecule has 1 fully saturated rings. The van der Waals surface area contributed by atoms with Crippen molar-refractivity contribution in [1.82, 2.24) is 14.6 Å². The number of hydroxylamine groups is 2. The third kappa shape index (κ3) is 4.32. The number of amides is 1. The van der Waals surface area contributed by atoms with Gasteiger partial charge in [-0.2, -0.15) is 18.2 Å². The van der Waals surface area contributed by atoms with Crippen molar-refractivity contribution in [2.45, 2.75) is 38.1 Å². The van der Waals surface area contributed by atoms with Crippen molar-refractivity contribution < 1.29 is 27.5 Å². The van der Waals surface area contributed by atoms with Crippen molar-refractivity contribution in [3.63, 3.8) is 0 Å². The molecule has 1 aromatic heterocycles.